The van der Waals surface area contributed by atoms with Crippen molar-refractivity contribution >= 4 is 23.4 Å². The molecule has 0 saturated carbocycles. The molecule has 0 saturated heterocycles. The van der Waals surface area contributed by atoms with Gasteiger partial charge in [-0.25, -0.2) is 4.79 Å². The second-order valence-electron chi connectivity index (χ2n) is 4.17. The van der Waals surface area contributed by atoms with Crippen molar-refractivity contribution in [1.29, 1.82) is 0 Å². The summed E-state index contributed by atoms with van der Waals surface area (Å²) in [7, 11) is 0. The Bertz CT molecular complexity index is 521. The average molecular weight is 244 g/mol. The predicted octanol–water partition coefficient (Wildman–Crippen LogP) is 2.90. The van der Waals surface area contributed by atoms with Gasteiger partial charge in [-0.1, -0.05) is 19.6 Å². The van der Waals surface area contributed by atoms with Gasteiger partial charge in [0.05, 0.1) is 11.4 Å². The zero-order chi connectivity index (χ0) is 13.1. The van der Waals surface area contributed by atoms with Crippen LogP contribution in [0.1, 0.15) is 18.9 Å². The molecule has 2 rings (SSSR count). The monoisotopic (exact) mass is 244 g/mol. The largest absolute Gasteiger partial charge is 0.478 e. The van der Waals surface area contributed by atoms with E-state index in [1.54, 1.807) is 6.08 Å². The lowest BCUT2D eigenvalue weighted by Gasteiger charge is -2.17. The summed E-state index contributed by atoms with van der Waals surface area (Å²) in [5, 5.41) is 11.8. The molecule has 94 valence electrons. The molecule has 0 amide bonds. The van der Waals surface area contributed by atoms with Crippen LogP contribution in [0.15, 0.2) is 36.7 Å². The number of aliphatic carboxylic acids is 1. The molecule has 0 atom stereocenters. The minimum Gasteiger partial charge on any atom is -0.478 e. The maximum Gasteiger partial charge on any atom is 0.328 e. The molecule has 1 aliphatic rings. The van der Waals surface area contributed by atoms with Crippen molar-refractivity contribution in [3.8, 4) is 0 Å². The number of carboxylic acids is 1. The van der Waals surface area contributed by atoms with Gasteiger partial charge in [-0.15, -0.1) is 0 Å². The highest BCUT2D eigenvalue weighted by Crippen LogP contribution is 2.36. The Balaban J connectivity index is 2.27. The van der Waals surface area contributed by atoms with Crippen molar-refractivity contribution in [2.75, 3.05) is 16.8 Å². The third-order valence-electron chi connectivity index (χ3n) is 2.78. The summed E-state index contributed by atoms with van der Waals surface area (Å²) in [6, 6.07) is 5.81. The van der Waals surface area contributed by atoms with Crippen molar-refractivity contribution < 1.29 is 9.90 Å². The molecule has 1 aliphatic heterocycles. The van der Waals surface area contributed by atoms with E-state index in [-0.39, 0.29) is 0 Å². The first-order valence-corrected chi connectivity index (χ1v) is 5.90. The third-order valence-corrected chi connectivity index (χ3v) is 2.78. The molecule has 0 bridgehead atoms. The highest BCUT2D eigenvalue weighted by molar-refractivity contribution is 5.87. The van der Waals surface area contributed by atoms with E-state index in [9.17, 15) is 4.79 Å². The highest BCUT2D eigenvalue weighted by Gasteiger charge is 2.21. The van der Waals surface area contributed by atoms with Crippen molar-refractivity contribution in [3.05, 3.63) is 42.2 Å². The predicted molar refractivity (Wildman–Crippen MR) is 73.5 cm³/mol. The number of carbonyl (C=O) groups is 1. The van der Waals surface area contributed by atoms with Crippen LogP contribution in [0, 0.1) is 0 Å². The van der Waals surface area contributed by atoms with Crippen LogP contribution in [0.3, 0.4) is 0 Å². The van der Waals surface area contributed by atoms with Gasteiger partial charge in [0.1, 0.15) is 5.82 Å². The summed E-state index contributed by atoms with van der Waals surface area (Å²) in [5.41, 5.74) is 2.92. The fraction of sp³-hybridized carbons (Fsp3) is 0.214. The molecule has 0 aromatic heterocycles. The van der Waals surface area contributed by atoms with Crippen LogP contribution in [-0.4, -0.2) is 17.6 Å². The van der Waals surface area contributed by atoms with Gasteiger partial charge in [-0.3, -0.25) is 0 Å². The van der Waals surface area contributed by atoms with Crippen molar-refractivity contribution in [3.63, 3.8) is 0 Å². The number of hydrogen-bond donors (Lipinski definition) is 2. The van der Waals surface area contributed by atoms with Crippen LogP contribution in [0.4, 0.5) is 11.4 Å². The Hall–Kier alpha value is -2.23. The van der Waals surface area contributed by atoms with Crippen LogP contribution >= 0.6 is 0 Å². The Labute approximate surface area is 106 Å². The van der Waals surface area contributed by atoms with E-state index >= 15 is 0 Å². The number of benzene rings is 1. The molecular weight excluding hydrogens is 228 g/mol. The zero-order valence-electron chi connectivity index (χ0n) is 10.3. The Morgan fingerprint density at radius 2 is 2.33 bits per heavy atom. The van der Waals surface area contributed by atoms with Crippen molar-refractivity contribution in [2.45, 2.75) is 13.3 Å². The molecule has 0 fully saturated rings. The van der Waals surface area contributed by atoms with Crippen molar-refractivity contribution in [2.24, 2.45) is 0 Å². The molecule has 2 N–H and O–H groups in total. The van der Waals surface area contributed by atoms with E-state index in [1.165, 1.54) is 0 Å². The van der Waals surface area contributed by atoms with Crippen molar-refractivity contribution in [1.82, 2.24) is 0 Å². The smallest absolute Gasteiger partial charge is 0.328 e. The maximum absolute atomic E-state index is 10.5. The molecule has 4 nitrogen and oxygen atoms in total. The van der Waals surface area contributed by atoms with E-state index in [2.05, 4.69) is 23.7 Å². The van der Waals surface area contributed by atoms with Crippen LogP contribution in [-0.2, 0) is 4.79 Å². The van der Waals surface area contributed by atoms with E-state index in [1.807, 2.05) is 18.2 Å². The van der Waals surface area contributed by atoms with Gasteiger partial charge in [0.15, 0.2) is 0 Å². The SMILES string of the molecule is C=C1Nc2cc(/C=C/C(=O)O)ccc2N1CCC. The first kappa shape index (κ1) is 12.2. The second kappa shape index (κ2) is 4.96. The Kier molecular flexibility index (Phi) is 3.37. The molecule has 0 spiro atoms. The molecule has 18 heavy (non-hydrogen) atoms. The number of fused-ring (bicyclic) bond motifs is 1. The minimum absolute atomic E-state index is 0.856. The van der Waals surface area contributed by atoms with Crippen LogP contribution < -0.4 is 10.2 Å². The summed E-state index contributed by atoms with van der Waals surface area (Å²) in [4.78, 5) is 12.6. The fourth-order valence-electron chi connectivity index (χ4n) is 2.01. The topological polar surface area (TPSA) is 52.6 Å². The zero-order valence-corrected chi connectivity index (χ0v) is 10.3. The Morgan fingerprint density at radius 3 is 3.00 bits per heavy atom. The number of nitrogens with one attached hydrogen (secondary N) is 1. The van der Waals surface area contributed by atoms with E-state index in [0.717, 1.165) is 41.8 Å². The van der Waals surface area contributed by atoms with Gasteiger partial charge in [0, 0.05) is 12.6 Å². The summed E-state index contributed by atoms with van der Waals surface area (Å²) < 4.78 is 0. The number of hydrogen-bond acceptors (Lipinski definition) is 3. The quantitative estimate of drug-likeness (QED) is 0.800. The summed E-state index contributed by atoms with van der Waals surface area (Å²) >= 11 is 0. The van der Waals surface area contributed by atoms with E-state index in [0.29, 0.717) is 0 Å². The normalized spacial score (nSPS) is 13.8. The Morgan fingerprint density at radius 1 is 1.56 bits per heavy atom. The van der Waals surface area contributed by atoms with Crippen LogP contribution in [0.5, 0.6) is 0 Å². The molecule has 1 aromatic rings. The standard InChI is InChI=1S/C14H16N2O2/c1-3-8-16-10(2)15-12-9-11(4-6-13(12)16)5-7-14(17)18/h4-7,9,15H,2-3,8H2,1H3,(H,17,18)/b7-5+. The molecule has 0 radical (unpaired) electrons. The van der Waals surface area contributed by atoms with Gasteiger partial charge < -0.3 is 15.3 Å². The molecule has 0 unspecified atom stereocenters. The lowest BCUT2D eigenvalue weighted by molar-refractivity contribution is -0.131. The minimum atomic E-state index is -0.944. The lowest BCUT2D eigenvalue weighted by atomic mass is 10.1. The second-order valence-corrected chi connectivity index (χ2v) is 4.17. The maximum atomic E-state index is 10.5. The number of rotatable bonds is 4. The lowest BCUT2D eigenvalue weighted by Crippen LogP contribution is -2.20. The van der Waals surface area contributed by atoms with Crippen LogP contribution in [0.25, 0.3) is 6.08 Å². The molecule has 1 aromatic carbocycles. The molecule has 4 heteroatoms. The molecule has 1 heterocycles. The van der Waals surface area contributed by atoms with Gasteiger partial charge in [0.2, 0.25) is 0 Å². The summed E-state index contributed by atoms with van der Waals surface area (Å²) in [5.74, 6) is -0.0771. The number of carboxylic acid groups (broad SMARTS) is 1. The van der Waals surface area contributed by atoms with E-state index in [4.69, 9.17) is 5.11 Å². The highest BCUT2D eigenvalue weighted by atomic mass is 16.4. The van der Waals surface area contributed by atoms with Crippen LogP contribution in [0.2, 0.25) is 0 Å². The van der Waals surface area contributed by atoms with E-state index < -0.39 is 5.97 Å². The number of nitrogens with zero attached hydrogens (tertiary/aromatic N) is 1. The molecule has 0 aliphatic carbocycles. The average Bonchev–Trinajstić information content (AvgIpc) is 2.63. The third kappa shape index (κ3) is 2.37. The van der Waals surface area contributed by atoms with Gasteiger partial charge >= 0.3 is 5.97 Å². The van der Waals surface area contributed by atoms with Gasteiger partial charge in [0.25, 0.3) is 0 Å². The summed E-state index contributed by atoms with van der Waals surface area (Å²) in [6.45, 7) is 7.02. The molecular formula is C14H16N2O2. The summed E-state index contributed by atoms with van der Waals surface area (Å²) in [6.07, 6.45) is 3.76. The van der Waals surface area contributed by atoms with Gasteiger partial charge in [-0.05, 0) is 30.2 Å². The number of anilines is 2. The first-order chi connectivity index (χ1) is 8.61. The first-order valence-electron chi connectivity index (χ1n) is 5.90. The fourth-order valence-corrected chi connectivity index (χ4v) is 2.01. The van der Waals surface area contributed by atoms with Gasteiger partial charge in [-0.2, -0.15) is 0 Å².